The zero-order chi connectivity index (χ0) is 19.7. The molecule has 0 unspecified atom stereocenters. The number of ether oxygens (including phenoxy) is 1. The molecule has 3 N–H and O–H groups in total. The van der Waals surface area contributed by atoms with Crippen LogP contribution in [-0.4, -0.2) is 19.9 Å². The molecule has 0 fully saturated rings. The van der Waals surface area contributed by atoms with Crippen LogP contribution in [0.1, 0.15) is 37.0 Å². The van der Waals surface area contributed by atoms with Crippen molar-refractivity contribution in [3.63, 3.8) is 0 Å². The molecule has 27 heavy (non-hydrogen) atoms. The number of primary sulfonamides is 1. The van der Waals surface area contributed by atoms with E-state index < -0.39 is 10.0 Å². The van der Waals surface area contributed by atoms with E-state index in [0.29, 0.717) is 6.54 Å². The highest BCUT2D eigenvalue weighted by atomic mass is 32.2. The summed E-state index contributed by atoms with van der Waals surface area (Å²) in [5.74, 6) is 0.799. The molecular formula is C20H24N2O4S. The lowest BCUT2D eigenvalue weighted by Gasteiger charge is -2.32. The second-order valence-electron chi connectivity index (χ2n) is 7.45. The average molecular weight is 388 g/mol. The summed E-state index contributed by atoms with van der Waals surface area (Å²) in [7, 11) is -3.70. The maximum atomic E-state index is 12.2. The third kappa shape index (κ3) is 5.08. The Hall–Kier alpha value is -2.38. The zero-order valence-corrected chi connectivity index (χ0v) is 16.3. The maximum Gasteiger partial charge on any atom is 0.238 e. The minimum Gasteiger partial charge on any atom is -0.488 e. The second-order valence-corrected chi connectivity index (χ2v) is 9.01. The first-order valence-corrected chi connectivity index (χ1v) is 10.4. The number of nitrogens with one attached hydrogen (secondary N) is 1. The Labute approximate surface area is 159 Å². The highest BCUT2D eigenvalue weighted by Crippen LogP contribution is 2.33. The predicted molar refractivity (Wildman–Crippen MR) is 103 cm³/mol. The van der Waals surface area contributed by atoms with E-state index >= 15 is 0 Å². The van der Waals surface area contributed by atoms with Gasteiger partial charge in [0.2, 0.25) is 15.9 Å². The number of aryl methyl sites for hydroxylation is 1. The topological polar surface area (TPSA) is 98.5 Å². The Kier molecular flexibility index (Phi) is 5.26. The fourth-order valence-electron chi connectivity index (χ4n) is 3.07. The van der Waals surface area contributed by atoms with Crippen LogP contribution in [0.4, 0.5) is 0 Å². The summed E-state index contributed by atoms with van der Waals surface area (Å²) in [6.07, 6.45) is 2.17. The smallest absolute Gasteiger partial charge is 0.238 e. The number of carbonyl (C=O) groups excluding carboxylic acids is 1. The Morgan fingerprint density at radius 2 is 1.81 bits per heavy atom. The first kappa shape index (κ1) is 19.4. The lowest BCUT2D eigenvalue weighted by molar-refractivity contribution is -0.120. The van der Waals surface area contributed by atoms with Gasteiger partial charge in [-0.2, -0.15) is 0 Å². The van der Waals surface area contributed by atoms with Gasteiger partial charge in [-0.3, -0.25) is 4.79 Å². The van der Waals surface area contributed by atoms with Gasteiger partial charge >= 0.3 is 0 Å². The molecule has 0 aromatic heterocycles. The van der Waals surface area contributed by atoms with Crippen molar-refractivity contribution in [3.8, 4) is 5.75 Å². The minimum absolute atomic E-state index is 0.0528. The standard InChI is InChI=1S/C20H24N2O4S/c1-20(2)10-9-16-11-15(5-8-18(16)26-20)12-19(23)22-13-14-3-6-17(7-4-14)27(21,24)25/h3-8,11H,9-10,12-13H2,1-2H3,(H,22,23)(H2,21,24,25). The Morgan fingerprint density at radius 1 is 1.15 bits per heavy atom. The minimum atomic E-state index is -3.70. The third-order valence-electron chi connectivity index (χ3n) is 4.61. The number of fused-ring (bicyclic) bond motifs is 1. The maximum absolute atomic E-state index is 12.2. The van der Waals surface area contributed by atoms with Crippen molar-refractivity contribution >= 4 is 15.9 Å². The number of carbonyl (C=O) groups is 1. The van der Waals surface area contributed by atoms with Crippen molar-refractivity contribution in [1.82, 2.24) is 5.32 Å². The van der Waals surface area contributed by atoms with Crippen molar-refractivity contribution in [3.05, 3.63) is 59.2 Å². The Morgan fingerprint density at radius 3 is 2.48 bits per heavy atom. The molecule has 0 atom stereocenters. The van der Waals surface area contributed by atoms with Crippen LogP contribution >= 0.6 is 0 Å². The summed E-state index contributed by atoms with van der Waals surface area (Å²) >= 11 is 0. The third-order valence-corrected chi connectivity index (χ3v) is 5.54. The van der Waals surface area contributed by atoms with Crippen LogP contribution in [-0.2, 0) is 34.2 Å². The number of rotatable bonds is 5. The SMILES string of the molecule is CC1(C)CCc2cc(CC(=O)NCc3ccc(S(N)(=O)=O)cc3)ccc2O1. The van der Waals surface area contributed by atoms with E-state index in [9.17, 15) is 13.2 Å². The lowest BCUT2D eigenvalue weighted by Crippen LogP contribution is -2.32. The highest BCUT2D eigenvalue weighted by molar-refractivity contribution is 7.89. The number of hydrogen-bond acceptors (Lipinski definition) is 4. The molecule has 0 saturated carbocycles. The van der Waals surface area contributed by atoms with Gasteiger partial charge < -0.3 is 10.1 Å². The van der Waals surface area contributed by atoms with E-state index in [-0.39, 0.29) is 22.8 Å². The second kappa shape index (κ2) is 7.32. The van der Waals surface area contributed by atoms with Crippen molar-refractivity contribution in [2.45, 2.75) is 50.2 Å². The van der Waals surface area contributed by atoms with E-state index in [0.717, 1.165) is 35.3 Å². The summed E-state index contributed by atoms with van der Waals surface area (Å²) in [5, 5.41) is 7.92. The van der Waals surface area contributed by atoms with Crippen LogP contribution in [0.2, 0.25) is 0 Å². The molecule has 144 valence electrons. The normalized spacial score (nSPS) is 15.5. The van der Waals surface area contributed by atoms with Gasteiger partial charge in [0, 0.05) is 6.54 Å². The van der Waals surface area contributed by atoms with Gasteiger partial charge in [0.05, 0.1) is 11.3 Å². The summed E-state index contributed by atoms with van der Waals surface area (Å²) in [6.45, 7) is 4.48. The molecule has 3 rings (SSSR count). The first-order chi connectivity index (χ1) is 12.6. The molecule has 6 nitrogen and oxygen atoms in total. The van der Waals surface area contributed by atoms with Crippen LogP contribution in [0.15, 0.2) is 47.4 Å². The molecule has 1 aliphatic heterocycles. The number of sulfonamides is 1. The average Bonchev–Trinajstić information content (AvgIpc) is 2.59. The summed E-state index contributed by atoms with van der Waals surface area (Å²) in [6, 6.07) is 12.0. The van der Waals surface area contributed by atoms with Crippen molar-refractivity contribution in [2.75, 3.05) is 0 Å². The fraction of sp³-hybridized carbons (Fsp3) is 0.350. The summed E-state index contributed by atoms with van der Waals surface area (Å²) in [4.78, 5) is 12.3. The number of hydrogen-bond donors (Lipinski definition) is 2. The van der Waals surface area contributed by atoms with Crippen LogP contribution in [0.3, 0.4) is 0 Å². The number of nitrogens with two attached hydrogens (primary N) is 1. The van der Waals surface area contributed by atoms with E-state index in [4.69, 9.17) is 9.88 Å². The van der Waals surface area contributed by atoms with Crippen molar-refractivity contribution in [1.29, 1.82) is 0 Å². The van der Waals surface area contributed by atoms with Gasteiger partial charge in [-0.1, -0.05) is 24.3 Å². The van der Waals surface area contributed by atoms with Gasteiger partial charge in [0.25, 0.3) is 0 Å². The monoisotopic (exact) mass is 388 g/mol. The zero-order valence-electron chi connectivity index (χ0n) is 15.5. The molecule has 0 spiro atoms. The fourth-order valence-corrected chi connectivity index (χ4v) is 3.58. The van der Waals surface area contributed by atoms with E-state index in [1.54, 1.807) is 12.1 Å². The van der Waals surface area contributed by atoms with Gasteiger partial charge in [0.1, 0.15) is 11.4 Å². The molecule has 0 saturated heterocycles. The van der Waals surface area contributed by atoms with Crippen molar-refractivity contribution in [2.24, 2.45) is 5.14 Å². The molecule has 1 heterocycles. The summed E-state index contributed by atoms with van der Waals surface area (Å²) < 4.78 is 28.5. The molecule has 0 aliphatic carbocycles. The molecule has 7 heteroatoms. The molecule has 2 aromatic rings. The van der Waals surface area contributed by atoms with Crippen molar-refractivity contribution < 1.29 is 17.9 Å². The van der Waals surface area contributed by atoms with Gasteiger partial charge in [-0.05, 0) is 61.6 Å². The quantitative estimate of drug-likeness (QED) is 0.821. The molecule has 2 aromatic carbocycles. The first-order valence-electron chi connectivity index (χ1n) is 8.82. The number of amides is 1. The Bertz CT molecular complexity index is 950. The van der Waals surface area contributed by atoms with Crippen LogP contribution in [0.5, 0.6) is 5.75 Å². The predicted octanol–water partition coefficient (Wildman–Crippen LogP) is 2.30. The van der Waals surface area contributed by atoms with E-state index in [2.05, 4.69) is 19.2 Å². The molecular weight excluding hydrogens is 364 g/mol. The lowest BCUT2D eigenvalue weighted by atomic mass is 9.93. The molecule has 0 radical (unpaired) electrons. The highest BCUT2D eigenvalue weighted by Gasteiger charge is 2.26. The van der Waals surface area contributed by atoms with Gasteiger partial charge in [0.15, 0.2) is 0 Å². The Balaban J connectivity index is 1.57. The van der Waals surface area contributed by atoms with Crippen LogP contribution < -0.4 is 15.2 Å². The van der Waals surface area contributed by atoms with Gasteiger partial charge in [-0.25, -0.2) is 13.6 Å². The number of benzene rings is 2. The van der Waals surface area contributed by atoms with E-state index in [1.165, 1.54) is 12.1 Å². The largest absolute Gasteiger partial charge is 0.488 e. The molecule has 0 bridgehead atoms. The van der Waals surface area contributed by atoms with Gasteiger partial charge in [-0.15, -0.1) is 0 Å². The summed E-state index contributed by atoms with van der Waals surface area (Å²) in [5.41, 5.74) is 2.74. The van der Waals surface area contributed by atoms with Crippen LogP contribution in [0, 0.1) is 0 Å². The molecule has 1 aliphatic rings. The van der Waals surface area contributed by atoms with E-state index in [1.807, 2.05) is 18.2 Å². The van der Waals surface area contributed by atoms with Crippen LogP contribution in [0.25, 0.3) is 0 Å². The molecule has 1 amide bonds.